The van der Waals surface area contributed by atoms with Gasteiger partial charge in [-0.1, -0.05) is 24.8 Å². The summed E-state index contributed by atoms with van der Waals surface area (Å²) in [4.78, 5) is 0. The molecular weight excluding hydrogens is 160 g/mol. The predicted octanol–water partition coefficient (Wildman–Crippen LogP) is 2.52. The second-order valence-electron chi connectivity index (χ2n) is 2.71. The van der Waals surface area contributed by atoms with Gasteiger partial charge in [-0.3, -0.25) is 0 Å². The first kappa shape index (κ1) is 7.80. The number of hydrogen-bond donors (Lipinski definition) is 0. The minimum Gasteiger partial charge on any atom is -0.234 e. The largest absolute Gasteiger partial charge is 0.234 e. The van der Waals surface area contributed by atoms with Crippen LogP contribution in [0.15, 0.2) is 49.2 Å². The first-order chi connectivity index (χ1) is 6.42. The van der Waals surface area contributed by atoms with Crippen LogP contribution in [-0.4, -0.2) is 9.78 Å². The molecule has 0 aliphatic rings. The van der Waals surface area contributed by atoms with Crippen LogP contribution in [-0.2, 0) is 0 Å². The van der Waals surface area contributed by atoms with Crippen molar-refractivity contribution in [3.63, 3.8) is 0 Å². The number of hydrogen-bond acceptors (Lipinski definition) is 1. The number of rotatable bonds is 2. The van der Waals surface area contributed by atoms with Gasteiger partial charge in [-0.2, -0.15) is 5.10 Å². The topological polar surface area (TPSA) is 17.8 Å². The number of para-hydroxylation sites is 1. The Morgan fingerprint density at radius 3 is 2.62 bits per heavy atom. The molecule has 2 aromatic rings. The van der Waals surface area contributed by atoms with Gasteiger partial charge in [-0.15, -0.1) is 0 Å². The molecule has 0 fully saturated rings. The fourth-order valence-electron chi connectivity index (χ4n) is 1.25. The highest BCUT2D eigenvalue weighted by molar-refractivity contribution is 5.46. The average Bonchev–Trinajstić information content (AvgIpc) is 2.67. The molecule has 0 radical (unpaired) electrons. The van der Waals surface area contributed by atoms with Gasteiger partial charge in [0.1, 0.15) is 0 Å². The summed E-state index contributed by atoms with van der Waals surface area (Å²) in [5.74, 6) is 0. The number of nitrogens with zero attached hydrogens (tertiary/aromatic N) is 2. The highest BCUT2D eigenvalue weighted by atomic mass is 15.3. The van der Waals surface area contributed by atoms with Gasteiger partial charge in [0.2, 0.25) is 0 Å². The van der Waals surface area contributed by atoms with Crippen LogP contribution in [0.25, 0.3) is 11.8 Å². The Hall–Kier alpha value is -1.83. The zero-order valence-corrected chi connectivity index (χ0v) is 7.22. The van der Waals surface area contributed by atoms with Crippen LogP contribution < -0.4 is 0 Å². The lowest BCUT2D eigenvalue weighted by molar-refractivity contribution is 0.871. The molecule has 1 aromatic heterocycles. The fraction of sp³-hybridized carbons (Fsp3) is 0. The molecule has 0 amide bonds. The van der Waals surface area contributed by atoms with E-state index in [4.69, 9.17) is 0 Å². The van der Waals surface area contributed by atoms with E-state index >= 15 is 0 Å². The molecule has 64 valence electrons. The van der Waals surface area contributed by atoms with Gasteiger partial charge >= 0.3 is 0 Å². The van der Waals surface area contributed by atoms with Crippen molar-refractivity contribution in [3.05, 3.63) is 54.9 Å². The third kappa shape index (κ3) is 1.38. The maximum atomic E-state index is 4.20. The van der Waals surface area contributed by atoms with E-state index in [1.807, 2.05) is 41.1 Å². The van der Waals surface area contributed by atoms with Crippen LogP contribution in [0.2, 0.25) is 0 Å². The molecule has 0 aliphatic heterocycles. The minimum atomic E-state index is 1.01. The average molecular weight is 170 g/mol. The van der Waals surface area contributed by atoms with Crippen LogP contribution in [0.5, 0.6) is 0 Å². The Bertz CT molecular complexity index is 401. The van der Waals surface area contributed by atoms with Crippen LogP contribution in [0.1, 0.15) is 5.69 Å². The van der Waals surface area contributed by atoms with Crippen molar-refractivity contribution in [1.29, 1.82) is 0 Å². The van der Waals surface area contributed by atoms with E-state index in [0.717, 1.165) is 11.4 Å². The summed E-state index contributed by atoms with van der Waals surface area (Å²) in [6, 6.07) is 11.9. The van der Waals surface area contributed by atoms with Crippen molar-refractivity contribution in [2.45, 2.75) is 0 Å². The van der Waals surface area contributed by atoms with Gasteiger partial charge in [-0.25, -0.2) is 4.68 Å². The Labute approximate surface area is 77.1 Å². The molecule has 13 heavy (non-hydrogen) atoms. The molecule has 0 atom stereocenters. The molecule has 2 heteroatoms. The zero-order chi connectivity index (χ0) is 9.10. The molecule has 0 saturated carbocycles. The van der Waals surface area contributed by atoms with Gasteiger partial charge in [0, 0.05) is 0 Å². The highest BCUT2D eigenvalue weighted by Gasteiger charge is 1.98. The quantitative estimate of drug-likeness (QED) is 0.677. The van der Waals surface area contributed by atoms with Gasteiger partial charge in [0.05, 0.1) is 17.6 Å². The molecule has 0 aliphatic carbocycles. The monoisotopic (exact) mass is 170 g/mol. The standard InChI is InChI=1S/C11H10N2/c1-2-10-8-9-12-13(10)11-6-4-3-5-7-11/h2-9H,1H2. The summed E-state index contributed by atoms with van der Waals surface area (Å²) in [7, 11) is 0. The third-order valence-electron chi connectivity index (χ3n) is 1.88. The summed E-state index contributed by atoms with van der Waals surface area (Å²) in [5.41, 5.74) is 2.06. The SMILES string of the molecule is C=Cc1ccnn1-c1ccccc1. The molecule has 1 aromatic carbocycles. The summed E-state index contributed by atoms with van der Waals surface area (Å²) in [5, 5.41) is 4.20. The Morgan fingerprint density at radius 2 is 1.92 bits per heavy atom. The van der Waals surface area contributed by atoms with Crippen molar-refractivity contribution in [2.75, 3.05) is 0 Å². The maximum absolute atomic E-state index is 4.20. The van der Waals surface area contributed by atoms with E-state index in [1.54, 1.807) is 12.3 Å². The normalized spacial score (nSPS) is 9.85. The van der Waals surface area contributed by atoms with Crippen LogP contribution in [0.4, 0.5) is 0 Å². The smallest absolute Gasteiger partial charge is 0.0662 e. The summed E-state index contributed by atoms with van der Waals surface area (Å²) >= 11 is 0. The first-order valence-corrected chi connectivity index (χ1v) is 4.14. The molecule has 0 unspecified atom stereocenters. The van der Waals surface area contributed by atoms with Crippen molar-refractivity contribution in [2.24, 2.45) is 0 Å². The van der Waals surface area contributed by atoms with Gasteiger partial charge < -0.3 is 0 Å². The van der Waals surface area contributed by atoms with E-state index < -0.39 is 0 Å². The zero-order valence-electron chi connectivity index (χ0n) is 7.22. The van der Waals surface area contributed by atoms with E-state index in [1.165, 1.54) is 0 Å². The van der Waals surface area contributed by atoms with Crippen molar-refractivity contribution in [1.82, 2.24) is 9.78 Å². The van der Waals surface area contributed by atoms with Gasteiger partial charge in [0.25, 0.3) is 0 Å². The molecule has 1 heterocycles. The van der Waals surface area contributed by atoms with Crippen molar-refractivity contribution < 1.29 is 0 Å². The fourth-order valence-corrected chi connectivity index (χ4v) is 1.25. The Balaban J connectivity index is 2.52. The third-order valence-corrected chi connectivity index (χ3v) is 1.88. The number of aromatic nitrogens is 2. The predicted molar refractivity (Wildman–Crippen MR) is 53.7 cm³/mol. The van der Waals surface area contributed by atoms with Gasteiger partial charge in [0.15, 0.2) is 0 Å². The minimum absolute atomic E-state index is 1.01. The molecule has 0 saturated heterocycles. The van der Waals surface area contributed by atoms with Gasteiger partial charge in [-0.05, 0) is 24.3 Å². The summed E-state index contributed by atoms with van der Waals surface area (Å²) in [6.07, 6.45) is 3.56. The van der Waals surface area contributed by atoms with Crippen LogP contribution >= 0.6 is 0 Å². The molecule has 2 nitrogen and oxygen atoms in total. The second kappa shape index (κ2) is 3.27. The Kier molecular flexibility index (Phi) is 1.96. The molecular formula is C11H10N2. The van der Waals surface area contributed by atoms with E-state index in [0.29, 0.717) is 0 Å². The second-order valence-corrected chi connectivity index (χ2v) is 2.71. The van der Waals surface area contributed by atoms with E-state index in [9.17, 15) is 0 Å². The lowest BCUT2D eigenvalue weighted by atomic mass is 10.3. The first-order valence-electron chi connectivity index (χ1n) is 4.14. The molecule has 0 bridgehead atoms. The van der Waals surface area contributed by atoms with Crippen molar-refractivity contribution in [3.8, 4) is 5.69 Å². The molecule has 2 rings (SSSR count). The maximum Gasteiger partial charge on any atom is 0.0662 e. The molecule has 0 spiro atoms. The van der Waals surface area contributed by atoms with E-state index in [-0.39, 0.29) is 0 Å². The van der Waals surface area contributed by atoms with Crippen LogP contribution in [0.3, 0.4) is 0 Å². The van der Waals surface area contributed by atoms with Crippen molar-refractivity contribution >= 4 is 6.08 Å². The lowest BCUT2D eigenvalue weighted by Crippen LogP contribution is -1.97. The number of benzene rings is 1. The lowest BCUT2D eigenvalue weighted by Gasteiger charge is -2.02. The Morgan fingerprint density at radius 1 is 1.15 bits per heavy atom. The highest BCUT2D eigenvalue weighted by Crippen LogP contribution is 2.09. The van der Waals surface area contributed by atoms with E-state index in [2.05, 4.69) is 11.7 Å². The summed E-state index contributed by atoms with van der Waals surface area (Å²) < 4.78 is 1.85. The molecule has 0 N–H and O–H groups in total. The summed E-state index contributed by atoms with van der Waals surface area (Å²) in [6.45, 7) is 3.73. The van der Waals surface area contributed by atoms with Crippen LogP contribution in [0, 0.1) is 0 Å².